The van der Waals surface area contributed by atoms with Gasteiger partial charge in [0.2, 0.25) is 0 Å². The maximum Gasteiger partial charge on any atom is 0.0791 e. The molecule has 0 amide bonds. The molecule has 1 fully saturated rings. The third kappa shape index (κ3) is 5.63. The number of aromatic nitrogens is 1. The summed E-state index contributed by atoms with van der Waals surface area (Å²) in [5, 5.41) is 13.7. The molecule has 1 aliphatic heterocycles. The molecule has 1 aliphatic rings. The molecule has 2 N–H and O–H groups in total. The van der Waals surface area contributed by atoms with E-state index in [9.17, 15) is 5.11 Å². The van der Waals surface area contributed by atoms with Crippen LogP contribution in [0.25, 0.3) is 11.1 Å². The Hall–Kier alpha value is -1.75. The van der Waals surface area contributed by atoms with Crippen molar-refractivity contribution >= 4 is 0 Å². The number of aliphatic hydroxyl groups excluding tert-OH is 1. The molecule has 2 heterocycles. The number of hydrogen-bond donors (Lipinski definition) is 2. The second-order valence-corrected chi connectivity index (χ2v) is 7.20. The number of rotatable bonds is 7. The van der Waals surface area contributed by atoms with Crippen LogP contribution < -0.4 is 5.32 Å². The highest BCUT2D eigenvalue weighted by Gasteiger charge is 2.17. The van der Waals surface area contributed by atoms with Crippen LogP contribution in [0.5, 0.6) is 0 Å². The SMILES string of the molecule is CC1CCN(CC(O)CNCc2cccc(-c3ccncc3)c2)CC1. The quantitative estimate of drug-likeness (QED) is 0.814. The van der Waals surface area contributed by atoms with Gasteiger partial charge in [0.05, 0.1) is 6.10 Å². The van der Waals surface area contributed by atoms with Gasteiger partial charge in [-0.1, -0.05) is 25.1 Å². The molecule has 0 saturated carbocycles. The lowest BCUT2D eigenvalue weighted by Crippen LogP contribution is -2.41. The summed E-state index contributed by atoms with van der Waals surface area (Å²) < 4.78 is 0. The van der Waals surface area contributed by atoms with E-state index >= 15 is 0 Å². The maximum atomic E-state index is 10.3. The highest BCUT2D eigenvalue weighted by Crippen LogP contribution is 2.19. The van der Waals surface area contributed by atoms with E-state index in [1.54, 1.807) is 0 Å². The van der Waals surface area contributed by atoms with E-state index in [-0.39, 0.29) is 6.10 Å². The summed E-state index contributed by atoms with van der Waals surface area (Å²) in [6.45, 7) is 6.73. The Labute approximate surface area is 150 Å². The van der Waals surface area contributed by atoms with Crippen molar-refractivity contribution in [3.8, 4) is 11.1 Å². The van der Waals surface area contributed by atoms with Crippen molar-refractivity contribution in [3.05, 3.63) is 54.4 Å². The third-order valence-corrected chi connectivity index (χ3v) is 4.99. The molecule has 1 atom stereocenters. The topological polar surface area (TPSA) is 48.4 Å². The first kappa shape index (κ1) is 18.1. The Kier molecular flexibility index (Phi) is 6.56. The fourth-order valence-corrected chi connectivity index (χ4v) is 3.40. The summed E-state index contributed by atoms with van der Waals surface area (Å²) in [6.07, 6.45) is 5.83. The van der Waals surface area contributed by atoms with Crippen LogP contribution in [0.15, 0.2) is 48.8 Å². The fourth-order valence-electron chi connectivity index (χ4n) is 3.40. The largest absolute Gasteiger partial charge is 0.390 e. The number of nitrogens with zero attached hydrogens (tertiary/aromatic N) is 2. The molecule has 1 unspecified atom stereocenters. The monoisotopic (exact) mass is 339 g/mol. The molecular weight excluding hydrogens is 310 g/mol. The molecule has 3 rings (SSSR count). The van der Waals surface area contributed by atoms with Crippen molar-refractivity contribution in [1.82, 2.24) is 15.2 Å². The molecule has 1 aromatic carbocycles. The summed E-state index contributed by atoms with van der Waals surface area (Å²) in [5.74, 6) is 0.833. The van der Waals surface area contributed by atoms with E-state index in [4.69, 9.17) is 0 Å². The predicted octanol–water partition coefficient (Wildman–Crippen LogP) is 2.93. The van der Waals surface area contributed by atoms with Gasteiger partial charge in [0, 0.05) is 32.0 Å². The van der Waals surface area contributed by atoms with Gasteiger partial charge in [0.15, 0.2) is 0 Å². The Bertz CT molecular complexity index is 639. The van der Waals surface area contributed by atoms with Gasteiger partial charge >= 0.3 is 0 Å². The molecule has 4 heteroatoms. The minimum atomic E-state index is -0.309. The molecule has 0 aliphatic carbocycles. The number of pyridine rings is 1. The van der Waals surface area contributed by atoms with E-state index < -0.39 is 0 Å². The van der Waals surface area contributed by atoms with Crippen molar-refractivity contribution in [1.29, 1.82) is 0 Å². The standard InChI is InChI=1S/C21H29N3O/c1-17-7-11-24(12-8-17)16-21(25)15-23-14-18-3-2-4-20(13-18)19-5-9-22-10-6-19/h2-6,9-10,13,17,21,23,25H,7-8,11-12,14-16H2,1H3. The normalized spacial score (nSPS) is 17.5. The number of aliphatic hydroxyl groups is 1. The average molecular weight is 339 g/mol. The molecule has 0 spiro atoms. The van der Waals surface area contributed by atoms with Crippen LogP contribution in [0.2, 0.25) is 0 Å². The van der Waals surface area contributed by atoms with Crippen LogP contribution in [-0.4, -0.2) is 47.3 Å². The first-order valence-electron chi connectivity index (χ1n) is 9.31. The maximum absolute atomic E-state index is 10.3. The number of piperidine rings is 1. The zero-order chi connectivity index (χ0) is 17.5. The first-order chi connectivity index (χ1) is 12.2. The Morgan fingerprint density at radius 1 is 1.16 bits per heavy atom. The fraction of sp³-hybridized carbons (Fsp3) is 0.476. The third-order valence-electron chi connectivity index (χ3n) is 4.99. The van der Waals surface area contributed by atoms with Gasteiger partial charge in [-0.3, -0.25) is 4.98 Å². The summed E-state index contributed by atoms with van der Waals surface area (Å²) in [4.78, 5) is 6.46. The summed E-state index contributed by atoms with van der Waals surface area (Å²) in [7, 11) is 0. The second-order valence-electron chi connectivity index (χ2n) is 7.20. The van der Waals surface area contributed by atoms with Crippen LogP contribution in [-0.2, 0) is 6.54 Å². The molecular formula is C21H29N3O. The lowest BCUT2D eigenvalue weighted by Gasteiger charge is -2.31. The van der Waals surface area contributed by atoms with Crippen LogP contribution >= 0.6 is 0 Å². The minimum Gasteiger partial charge on any atom is -0.390 e. The zero-order valence-electron chi connectivity index (χ0n) is 15.1. The number of benzene rings is 1. The summed E-state index contributed by atoms with van der Waals surface area (Å²) >= 11 is 0. The number of likely N-dealkylation sites (tertiary alicyclic amines) is 1. The first-order valence-corrected chi connectivity index (χ1v) is 9.31. The van der Waals surface area contributed by atoms with Gasteiger partial charge in [0.25, 0.3) is 0 Å². The molecule has 2 aromatic rings. The highest BCUT2D eigenvalue weighted by molar-refractivity contribution is 5.63. The van der Waals surface area contributed by atoms with Crippen molar-refractivity contribution in [2.75, 3.05) is 26.2 Å². The van der Waals surface area contributed by atoms with Gasteiger partial charge < -0.3 is 15.3 Å². The van der Waals surface area contributed by atoms with Crippen molar-refractivity contribution in [2.45, 2.75) is 32.4 Å². The zero-order valence-corrected chi connectivity index (χ0v) is 15.1. The van der Waals surface area contributed by atoms with Crippen LogP contribution in [0.1, 0.15) is 25.3 Å². The van der Waals surface area contributed by atoms with Crippen LogP contribution in [0.4, 0.5) is 0 Å². The molecule has 1 saturated heterocycles. The van der Waals surface area contributed by atoms with E-state index in [0.29, 0.717) is 6.54 Å². The lowest BCUT2D eigenvalue weighted by molar-refractivity contribution is 0.0907. The molecule has 1 aromatic heterocycles. The van der Waals surface area contributed by atoms with Crippen LogP contribution in [0, 0.1) is 5.92 Å². The molecule has 0 radical (unpaired) electrons. The van der Waals surface area contributed by atoms with Crippen molar-refractivity contribution in [3.63, 3.8) is 0 Å². The number of β-amino-alcohol motifs (C(OH)–C–C–N with tert-alkyl or cyclic N) is 1. The molecule has 25 heavy (non-hydrogen) atoms. The molecule has 4 nitrogen and oxygen atoms in total. The van der Waals surface area contributed by atoms with Crippen LogP contribution in [0.3, 0.4) is 0 Å². The Morgan fingerprint density at radius 2 is 1.92 bits per heavy atom. The van der Waals surface area contributed by atoms with E-state index in [1.165, 1.54) is 29.5 Å². The Morgan fingerprint density at radius 3 is 2.68 bits per heavy atom. The minimum absolute atomic E-state index is 0.309. The van der Waals surface area contributed by atoms with Gasteiger partial charge in [-0.05, 0) is 66.7 Å². The average Bonchev–Trinajstić information content (AvgIpc) is 2.65. The van der Waals surface area contributed by atoms with E-state index in [0.717, 1.165) is 32.1 Å². The van der Waals surface area contributed by atoms with Crippen molar-refractivity contribution in [2.24, 2.45) is 5.92 Å². The summed E-state index contributed by atoms with van der Waals surface area (Å²) in [5.41, 5.74) is 3.61. The van der Waals surface area contributed by atoms with E-state index in [1.807, 2.05) is 24.5 Å². The summed E-state index contributed by atoms with van der Waals surface area (Å²) in [6, 6.07) is 12.6. The second kappa shape index (κ2) is 9.09. The number of nitrogens with one attached hydrogen (secondary N) is 1. The Balaban J connectivity index is 1.44. The van der Waals surface area contributed by atoms with Crippen molar-refractivity contribution < 1.29 is 5.11 Å². The van der Waals surface area contributed by atoms with Gasteiger partial charge in [0.1, 0.15) is 0 Å². The number of hydrogen-bond acceptors (Lipinski definition) is 4. The molecule has 0 bridgehead atoms. The lowest BCUT2D eigenvalue weighted by atomic mass is 9.99. The van der Waals surface area contributed by atoms with Gasteiger partial charge in [-0.25, -0.2) is 0 Å². The predicted molar refractivity (Wildman–Crippen MR) is 102 cm³/mol. The highest BCUT2D eigenvalue weighted by atomic mass is 16.3. The molecule has 134 valence electrons. The van der Waals surface area contributed by atoms with E-state index in [2.05, 4.69) is 46.4 Å². The van der Waals surface area contributed by atoms with Gasteiger partial charge in [-0.2, -0.15) is 0 Å². The smallest absolute Gasteiger partial charge is 0.0791 e. The van der Waals surface area contributed by atoms with Gasteiger partial charge in [-0.15, -0.1) is 0 Å².